The highest BCUT2D eigenvalue weighted by Crippen LogP contribution is 2.39. The Bertz CT molecular complexity index is 1120. The number of nitrogens with one attached hydrogen (secondary N) is 1. The smallest absolute Gasteiger partial charge is 0.417 e. The minimum absolute atomic E-state index is 0.0504. The summed E-state index contributed by atoms with van der Waals surface area (Å²) in [6, 6.07) is 17.5. The van der Waals surface area contributed by atoms with E-state index in [4.69, 9.17) is 9.47 Å². The molecule has 0 radical (unpaired) electrons. The van der Waals surface area contributed by atoms with Gasteiger partial charge in [0.25, 0.3) is 0 Å². The maximum absolute atomic E-state index is 12.3. The molecule has 0 bridgehead atoms. The number of nitrogens with zero attached hydrogens (tertiary/aromatic N) is 4. The van der Waals surface area contributed by atoms with Crippen molar-refractivity contribution in [1.82, 2.24) is 15.0 Å². The Hall–Kier alpha value is -3.68. The largest absolute Gasteiger partial charge is 0.457 e. The molecule has 2 aromatic carbocycles. The van der Waals surface area contributed by atoms with E-state index in [1.807, 2.05) is 68.4 Å². The summed E-state index contributed by atoms with van der Waals surface area (Å²) in [5, 5.41) is 3.38. The van der Waals surface area contributed by atoms with Gasteiger partial charge < -0.3 is 14.8 Å². The molecule has 1 aliphatic heterocycles. The highest BCUT2D eigenvalue weighted by Gasteiger charge is 2.37. The normalized spacial score (nSPS) is 18.7. The van der Waals surface area contributed by atoms with E-state index in [0.29, 0.717) is 24.4 Å². The van der Waals surface area contributed by atoms with Gasteiger partial charge in [-0.05, 0) is 56.0 Å². The molecule has 1 amide bonds. The molecule has 2 aliphatic rings. The van der Waals surface area contributed by atoms with Gasteiger partial charge in [0.1, 0.15) is 23.9 Å². The Morgan fingerprint density at radius 3 is 2.48 bits per heavy atom. The number of anilines is 2. The maximum Gasteiger partial charge on any atom is 0.417 e. The minimum Gasteiger partial charge on any atom is -0.457 e. The summed E-state index contributed by atoms with van der Waals surface area (Å²) in [4.78, 5) is 27.7. The van der Waals surface area contributed by atoms with Gasteiger partial charge in [0.2, 0.25) is 11.9 Å². The Morgan fingerprint density at radius 2 is 1.79 bits per heavy atom. The first-order chi connectivity index (χ1) is 16.1. The highest BCUT2D eigenvalue weighted by atomic mass is 16.6. The van der Waals surface area contributed by atoms with Crippen molar-refractivity contribution >= 4 is 18.0 Å². The standard InChI is InChI=1S/C25H27N5O3/c1-3-19-15-32-25(31)30(19)24-28-22(18-9-10-18)27-23(29-24)26-16(2)17-11-13-21(14-12-17)33-20-7-5-4-6-8-20/h4-8,11-14,16,18-19H,3,9-10,15H2,1-2H3,(H,26,27,28,29)/t16?,19-/m0/s1. The molecule has 0 spiro atoms. The zero-order valence-corrected chi connectivity index (χ0v) is 18.8. The molecule has 2 fully saturated rings. The van der Waals surface area contributed by atoms with Crippen LogP contribution in [0.5, 0.6) is 11.5 Å². The van der Waals surface area contributed by atoms with Gasteiger partial charge in [0.15, 0.2) is 0 Å². The van der Waals surface area contributed by atoms with Gasteiger partial charge in [-0.25, -0.2) is 9.69 Å². The average molecular weight is 446 g/mol. The average Bonchev–Trinajstić information content (AvgIpc) is 3.62. The van der Waals surface area contributed by atoms with Crippen molar-refractivity contribution in [1.29, 1.82) is 0 Å². The lowest BCUT2D eigenvalue weighted by molar-refractivity contribution is 0.178. The third-order valence-corrected chi connectivity index (χ3v) is 5.94. The summed E-state index contributed by atoms with van der Waals surface area (Å²) in [6.07, 6.45) is 2.49. The molecule has 1 unspecified atom stereocenters. The van der Waals surface area contributed by atoms with Crippen LogP contribution in [0.25, 0.3) is 0 Å². The fourth-order valence-corrected chi connectivity index (χ4v) is 3.81. The van der Waals surface area contributed by atoms with Gasteiger partial charge in [-0.3, -0.25) is 0 Å². The van der Waals surface area contributed by atoms with Crippen molar-refractivity contribution in [2.45, 2.75) is 51.1 Å². The fraction of sp³-hybridized carbons (Fsp3) is 0.360. The number of carbonyl (C=O) groups excluding carboxylic acids is 1. The van der Waals surface area contributed by atoms with E-state index in [2.05, 4.69) is 20.3 Å². The maximum atomic E-state index is 12.3. The van der Waals surface area contributed by atoms with Crippen molar-refractivity contribution < 1.29 is 14.3 Å². The molecule has 1 saturated carbocycles. The number of rotatable bonds is 8. The second kappa shape index (κ2) is 9.05. The van der Waals surface area contributed by atoms with E-state index in [9.17, 15) is 4.79 Å². The molecule has 1 saturated heterocycles. The van der Waals surface area contributed by atoms with E-state index in [1.165, 1.54) is 0 Å². The Balaban J connectivity index is 1.34. The van der Waals surface area contributed by atoms with Crippen molar-refractivity contribution in [3.05, 3.63) is 66.0 Å². The number of para-hydroxylation sites is 1. The lowest BCUT2D eigenvalue weighted by atomic mass is 10.1. The van der Waals surface area contributed by atoms with Crippen molar-refractivity contribution in [3.8, 4) is 11.5 Å². The molecule has 8 nitrogen and oxygen atoms in total. The predicted octanol–water partition coefficient (Wildman–Crippen LogP) is 5.45. The van der Waals surface area contributed by atoms with E-state index >= 15 is 0 Å². The van der Waals surface area contributed by atoms with E-state index < -0.39 is 6.09 Å². The molecule has 33 heavy (non-hydrogen) atoms. The zero-order valence-electron chi connectivity index (χ0n) is 18.8. The summed E-state index contributed by atoms with van der Waals surface area (Å²) >= 11 is 0. The third kappa shape index (κ3) is 4.74. The molecule has 1 N–H and O–H groups in total. The number of benzene rings is 2. The number of cyclic esters (lactones) is 1. The Kier molecular flexibility index (Phi) is 5.81. The number of aromatic nitrogens is 3. The number of ether oxygens (including phenoxy) is 2. The monoisotopic (exact) mass is 445 g/mol. The van der Waals surface area contributed by atoms with Crippen LogP contribution < -0.4 is 15.0 Å². The molecule has 5 rings (SSSR count). The second-order valence-corrected chi connectivity index (χ2v) is 8.45. The summed E-state index contributed by atoms with van der Waals surface area (Å²) < 4.78 is 11.1. The van der Waals surface area contributed by atoms with Gasteiger partial charge in [-0.1, -0.05) is 37.3 Å². The summed E-state index contributed by atoms with van der Waals surface area (Å²) in [5.41, 5.74) is 1.07. The number of carbonyl (C=O) groups is 1. The van der Waals surface area contributed by atoms with Crippen LogP contribution in [0.3, 0.4) is 0 Å². The lowest BCUT2D eigenvalue weighted by Crippen LogP contribution is -2.35. The SMILES string of the molecule is CC[C@H]1COC(=O)N1c1nc(NC(C)c2ccc(Oc3ccccc3)cc2)nc(C2CC2)n1. The Morgan fingerprint density at radius 1 is 1.06 bits per heavy atom. The van der Waals surface area contributed by atoms with Crippen LogP contribution in [0, 0.1) is 0 Å². The third-order valence-electron chi connectivity index (χ3n) is 5.94. The first kappa shape index (κ1) is 21.2. The zero-order chi connectivity index (χ0) is 22.8. The number of hydrogen-bond donors (Lipinski definition) is 1. The van der Waals surface area contributed by atoms with Crippen LogP contribution in [0.2, 0.25) is 0 Å². The lowest BCUT2D eigenvalue weighted by Gasteiger charge is -2.20. The fourth-order valence-electron chi connectivity index (χ4n) is 3.81. The first-order valence-electron chi connectivity index (χ1n) is 11.4. The van der Waals surface area contributed by atoms with E-state index in [0.717, 1.165) is 42.1 Å². The highest BCUT2D eigenvalue weighted by molar-refractivity contribution is 5.88. The number of hydrogen-bond acceptors (Lipinski definition) is 7. The van der Waals surface area contributed by atoms with Crippen LogP contribution in [0.1, 0.15) is 56.5 Å². The molecule has 170 valence electrons. The minimum atomic E-state index is -0.400. The Labute approximate surface area is 193 Å². The molecule has 1 aliphatic carbocycles. The predicted molar refractivity (Wildman–Crippen MR) is 125 cm³/mol. The molecule has 3 aromatic rings. The van der Waals surface area contributed by atoms with Crippen LogP contribution in [-0.4, -0.2) is 33.7 Å². The van der Waals surface area contributed by atoms with Gasteiger partial charge in [0, 0.05) is 5.92 Å². The topological polar surface area (TPSA) is 89.5 Å². The summed E-state index contributed by atoms with van der Waals surface area (Å²) in [6.45, 7) is 4.43. The van der Waals surface area contributed by atoms with Gasteiger partial charge in [-0.15, -0.1) is 0 Å². The van der Waals surface area contributed by atoms with E-state index in [-0.39, 0.29) is 12.1 Å². The van der Waals surface area contributed by atoms with Crippen molar-refractivity contribution in [3.63, 3.8) is 0 Å². The summed E-state index contributed by atoms with van der Waals surface area (Å²) in [5.74, 6) is 3.46. The summed E-state index contributed by atoms with van der Waals surface area (Å²) in [7, 11) is 0. The van der Waals surface area contributed by atoms with Gasteiger partial charge >= 0.3 is 6.09 Å². The molecular formula is C25H27N5O3. The second-order valence-electron chi connectivity index (χ2n) is 8.45. The van der Waals surface area contributed by atoms with Crippen molar-refractivity contribution in [2.75, 3.05) is 16.8 Å². The van der Waals surface area contributed by atoms with Crippen LogP contribution in [0.15, 0.2) is 54.6 Å². The van der Waals surface area contributed by atoms with Gasteiger partial charge in [-0.2, -0.15) is 15.0 Å². The van der Waals surface area contributed by atoms with Gasteiger partial charge in [0.05, 0.1) is 12.1 Å². The van der Waals surface area contributed by atoms with Crippen LogP contribution in [0.4, 0.5) is 16.7 Å². The number of amides is 1. The van der Waals surface area contributed by atoms with Crippen LogP contribution in [-0.2, 0) is 4.74 Å². The van der Waals surface area contributed by atoms with Crippen molar-refractivity contribution in [2.24, 2.45) is 0 Å². The quantitative estimate of drug-likeness (QED) is 0.493. The van der Waals surface area contributed by atoms with E-state index in [1.54, 1.807) is 4.90 Å². The molecule has 8 heteroatoms. The molecule has 1 aromatic heterocycles. The van der Waals surface area contributed by atoms with Crippen LogP contribution >= 0.6 is 0 Å². The first-order valence-corrected chi connectivity index (χ1v) is 11.4. The molecule has 2 heterocycles. The molecular weight excluding hydrogens is 418 g/mol. The molecule has 2 atom stereocenters.